The van der Waals surface area contributed by atoms with Crippen LogP contribution in [0.3, 0.4) is 0 Å². The molecule has 1 aromatic carbocycles. The Morgan fingerprint density at radius 3 is 2.85 bits per heavy atom. The lowest BCUT2D eigenvalue weighted by molar-refractivity contribution is 0.260. The van der Waals surface area contributed by atoms with Crippen molar-refractivity contribution in [3.8, 4) is 5.75 Å². The van der Waals surface area contributed by atoms with Crippen molar-refractivity contribution >= 4 is 0 Å². The van der Waals surface area contributed by atoms with Crippen molar-refractivity contribution < 1.29 is 4.74 Å². The molecule has 2 nitrogen and oxygen atoms in total. The van der Waals surface area contributed by atoms with Crippen LogP contribution in [0.1, 0.15) is 6.42 Å². The van der Waals surface area contributed by atoms with Crippen LogP contribution in [0.4, 0.5) is 0 Å². The second kappa shape index (κ2) is 4.28. The predicted molar refractivity (Wildman–Crippen MR) is 52.9 cm³/mol. The maximum absolute atomic E-state index is 5.65. The van der Waals surface area contributed by atoms with Gasteiger partial charge in [0.05, 0.1) is 6.61 Å². The van der Waals surface area contributed by atoms with E-state index in [1.807, 2.05) is 30.3 Å². The molecule has 0 radical (unpaired) electrons. The fraction of sp³-hybridized carbons (Fsp3) is 0.455. The van der Waals surface area contributed by atoms with Crippen LogP contribution in [0, 0.1) is 5.92 Å². The Kier molecular flexibility index (Phi) is 2.82. The number of hydrogen-bond donors (Lipinski definition) is 1. The lowest BCUT2D eigenvalue weighted by Gasteiger charge is -2.10. The maximum Gasteiger partial charge on any atom is 0.119 e. The minimum absolute atomic E-state index is 0.695. The molecule has 1 aliphatic heterocycles. The van der Waals surface area contributed by atoms with Crippen LogP contribution >= 0.6 is 0 Å². The molecule has 0 saturated carbocycles. The average Bonchev–Trinajstić information content (AvgIpc) is 2.69. The summed E-state index contributed by atoms with van der Waals surface area (Å²) in [6.45, 7) is 3.09. The van der Waals surface area contributed by atoms with Gasteiger partial charge in [-0.05, 0) is 25.1 Å². The molecule has 0 unspecified atom stereocenters. The number of hydrogen-bond acceptors (Lipinski definition) is 2. The summed E-state index contributed by atoms with van der Waals surface area (Å²) in [6, 6.07) is 10.0. The molecule has 0 amide bonds. The molecule has 1 saturated heterocycles. The number of nitrogens with one attached hydrogen (secondary N) is 1. The van der Waals surface area contributed by atoms with Crippen LogP contribution in [0.25, 0.3) is 0 Å². The third kappa shape index (κ3) is 2.46. The Bertz CT molecular complexity index is 242. The van der Waals surface area contributed by atoms with Gasteiger partial charge in [0, 0.05) is 12.5 Å². The second-order valence-electron chi connectivity index (χ2n) is 3.48. The number of rotatable bonds is 3. The van der Waals surface area contributed by atoms with Gasteiger partial charge in [-0.3, -0.25) is 0 Å². The van der Waals surface area contributed by atoms with Crippen molar-refractivity contribution in [1.82, 2.24) is 5.32 Å². The van der Waals surface area contributed by atoms with Gasteiger partial charge in [0.2, 0.25) is 0 Å². The molecule has 1 aliphatic rings. The Morgan fingerprint density at radius 1 is 1.31 bits per heavy atom. The molecular formula is C11H15NO. The van der Waals surface area contributed by atoms with Crippen molar-refractivity contribution in [3.05, 3.63) is 30.3 Å². The average molecular weight is 177 g/mol. The Labute approximate surface area is 78.9 Å². The molecule has 1 N–H and O–H groups in total. The Morgan fingerprint density at radius 2 is 2.15 bits per heavy atom. The van der Waals surface area contributed by atoms with Crippen molar-refractivity contribution in [2.45, 2.75) is 6.42 Å². The second-order valence-corrected chi connectivity index (χ2v) is 3.48. The molecule has 0 aromatic heterocycles. The summed E-state index contributed by atoms with van der Waals surface area (Å²) in [7, 11) is 0. The van der Waals surface area contributed by atoms with E-state index in [2.05, 4.69) is 5.32 Å². The topological polar surface area (TPSA) is 21.3 Å². The summed E-state index contributed by atoms with van der Waals surface area (Å²) in [5.41, 5.74) is 0. The van der Waals surface area contributed by atoms with E-state index in [0.29, 0.717) is 5.92 Å². The Hall–Kier alpha value is -1.02. The number of ether oxygens (including phenoxy) is 1. The highest BCUT2D eigenvalue weighted by Gasteiger charge is 2.14. The summed E-state index contributed by atoms with van der Waals surface area (Å²) < 4.78 is 5.65. The molecule has 1 fully saturated rings. The lowest BCUT2D eigenvalue weighted by atomic mass is 10.1. The molecule has 2 heteroatoms. The minimum atomic E-state index is 0.695. The summed E-state index contributed by atoms with van der Waals surface area (Å²) in [5.74, 6) is 1.68. The quantitative estimate of drug-likeness (QED) is 0.758. The van der Waals surface area contributed by atoms with Crippen molar-refractivity contribution in [2.24, 2.45) is 5.92 Å². The highest BCUT2D eigenvalue weighted by molar-refractivity contribution is 5.20. The van der Waals surface area contributed by atoms with E-state index in [-0.39, 0.29) is 0 Å². The largest absolute Gasteiger partial charge is 0.493 e. The molecule has 0 spiro atoms. The first-order chi connectivity index (χ1) is 6.45. The minimum Gasteiger partial charge on any atom is -0.493 e. The number of benzene rings is 1. The van der Waals surface area contributed by atoms with Gasteiger partial charge < -0.3 is 10.1 Å². The smallest absolute Gasteiger partial charge is 0.119 e. The van der Waals surface area contributed by atoms with Crippen molar-refractivity contribution in [2.75, 3.05) is 19.7 Å². The van der Waals surface area contributed by atoms with Crippen LogP contribution in [0.5, 0.6) is 5.75 Å². The van der Waals surface area contributed by atoms with E-state index < -0.39 is 0 Å². The summed E-state index contributed by atoms with van der Waals surface area (Å²) in [5, 5.41) is 3.33. The van der Waals surface area contributed by atoms with Gasteiger partial charge >= 0.3 is 0 Å². The first kappa shape index (κ1) is 8.57. The zero-order chi connectivity index (χ0) is 8.93. The highest BCUT2D eigenvalue weighted by Crippen LogP contribution is 2.13. The van der Waals surface area contributed by atoms with E-state index in [0.717, 1.165) is 25.4 Å². The van der Waals surface area contributed by atoms with E-state index in [1.165, 1.54) is 6.42 Å². The third-order valence-electron chi connectivity index (χ3n) is 2.39. The fourth-order valence-corrected chi connectivity index (χ4v) is 1.59. The monoisotopic (exact) mass is 177 g/mol. The van der Waals surface area contributed by atoms with Crippen LogP contribution in [0.15, 0.2) is 30.3 Å². The van der Waals surface area contributed by atoms with E-state index in [4.69, 9.17) is 4.74 Å². The molecular weight excluding hydrogens is 162 g/mol. The first-order valence-electron chi connectivity index (χ1n) is 4.84. The zero-order valence-electron chi connectivity index (χ0n) is 7.70. The molecule has 1 aromatic rings. The molecule has 2 rings (SSSR count). The SMILES string of the molecule is c1ccc(OC[C@H]2CCNC2)cc1. The molecule has 0 aliphatic carbocycles. The normalized spacial score (nSPS) is 21.7. The third-order valence-corrected chi connectivity index (χ3v) is 2.39. The van der Waals surface area contributed by atoms with Gasteiger partial charge in [-0.25, -0.2) is 0 Å². The summed E-state index contributed by atoms with van der Waals surface area (Å²) >= 11 is 0. The van der Waals surface area contributed by atoms with Crippen molar-refractivity contribution in [3.63, 3.8) is 0 Å². The van der Waals surface area contributed by atoms with Gasteiger partial charge in [0.15, 0.2) is 0 Å². The summed E-state index contributed by atoms with van der Waals surface area (Å²) in [4.78, 5) is 0. The van der Waals surface area contributed by atoms with Gasteiger partial charge in [0.25, 0.3) is 0 Å². The van der Waals surface area contributed by atoms with Gasteiger partial charge in [-0.1, -0.05) is 18.2 Å². The molecule has 1 atom stereocenters. The highest BCUT2D eigenvalue weighted by atomic mass is 16.5. The van der Waals surface area contributed by atoms with E-state index >= 15 is 0 Å². The lowest BCUT2D eigenvalue weighted by Crippen LogP contribution is -2.15. The standard InChI is InChI=1S/C11H15NO/c1-2-4-11(5-3-1)13-9-10-6-7-12-8-10/h1-5,10,12H,6-9H2/t10-/m0/s1. The summed E-state index contributed by atoms with van der Waals surface area (Å²) in [6.07, 6.45) is 1.24. The van der Waals surface area contributed by atoms with Crippen LogP contribution < -0.4 is 10.1 Å². The van der Waals surface area contributed by atoms with E-state index in [9.17, 15) is 0 Å². The van der Waals surface area contributed by atoms with Crippen LogP contribution in [0.2, 0.25) is 0 Å². The first-order valence-corrected chi connectivity index (χ1v) is 4.84. The van der Waals surface area contributed by atoms with Crippen LogP contribution in [-0.2, 0) is 0 Å². The molecule has 13 heavy (non-hydrogen) atoms. The van der Waals surface area contributed by atoms with Gasteiger partial charge in [0.1, 0.15) is 5.75 Å². The maximum atomic E-state index is 5.65. The van der Waals surface area contributed by atoms with Crippen molar-refractivity contribution in [1.29, 1.82) is 0 Å². The fourth-order valence-electron chi connectivity index (χ4n) is 1.59. The van der Waals surface area contributed by atoms with E-state index in [1.54, 1.807) is 0 Å². The van der Waals surface area contributed by atoms with Gasteiger partial charge in [-0.2, -0.15) is 0 Å². The predicted octanol–water partition coefficient (Wildman–Crippen LogP) is 1.67. The Balaban J connectivity index is 1.79. The molecule has 70 valence electrons. The molecule has 0 bridgehead atoms. The zero-order valence-corrected chi connectivity index (χ0v) is 7.70. The van der Waals surface area contributed by atoms with Gasteiger partial charge in [-0.15, -0.1) is 0 Å². The van der Waals surface area contributed by atoms with Crippen LogP contribution in [-0.4, -0.2) is 19.7 Å². The molecule has 1 heterocycles. The number of para-hydroxylation sites is 1.